The van der Waals surface area contributed by atoms with E-state index in [1.165, 1.54) is 37.7 Å². The lowest BCUT2D eigenvalue weighted by Gasteiger charge is -2.23. The number of rotatable bonds is 47. The summed E-state index contributed by atoms with van der Waals surface area (Å²) in [4.78, 5) is 107. The van der Waals surface area contributed by atoms with Crippen LogP contribution in [0.25, 0.3) is 17.7 Å². The van der Waals surface area contributed by atoms with E-state index >= 15 is 0 Å². The maximum atomic E-state index is 14.2. The predicted octanol–water partition coefficient (Wildman–Crippen LogP) is 7.00. The van der Waals surface area contributed by atoms with Gasteiger partial charge in [-0.2, -0.15) is 0 Å². The van der Waals surface area contributed by atoms with E-state index in [0.717, 1.165) is 28.0 Å². The monoisotopic (exact) mass is 1400 g/mol. The molecule has 1 aliphatic carbocycles. The van der Waals surface area contributed by atoms with Crippen molar-refractivity contribution in [1.82, 2.24) is 25.3 Å². The SMILES string of the molecule is COc1cc2c(cc1OCCCOc1cc3c(cc1OC)C(=O)N1C=C(C4CC4)C[C@H]1C=C3)C=C[C@@H]1CC(c3ccc(NC(=O)[C@H](C)CC(=O)C(NC(=O)CCOCCOCCOCCOCCOCCOCCOCCOCCNC(=O)CCN4C(=O)C=CC4=O)C(C)C)cc3)=CN1C2=O. The fraction of sp³-hybridized carbons (Fsp3) is 0.520. The Morgan fingerprint density at radius 2 is 1.02 bits per heavy atom. The number of hydrogen-bond donors (Lipinski definition) is 3. The highest BCUT2D eigenvalue weighted by Crippen LogP contribution is 2.45. The number of ketones is 1. The zero-order valence-corrected chi connectivity index (χ0v) is 58.5. The number of hydrogen-bond acceptors (Lipinski definition) is 20. The van der Waals surface area contributed by atoms with E-state index in [1.54, 1.807) is 43.2 Å². The van der Waals surface area contributed by atoms with Gasteiger partial charge in [0.25, 0.3) is 23.6 Å². The molecule has 101 heavy (non-hydrogen) atoms. The van der Waals surface area contributed by atoms with Crippen molar-refractivity contribution in [2.24, 2.45) is 17.8 Å². The quantitative estimate of drug-likeness (QED) is 0.0379. The first-order chi connectivity index (χ1) is 49.1. The van der Waals surface area contributed by atoms with Crippen molar-refractivity contribution in [3.8, 4) is 23.0 Å². The van der Waals surface area contributed by atoms with Crippen molar-refractivity contribution in [2.45, 2.75) is 90.3 Å². The number of fused-ring (bicyclic) bond motifs is 4. The third-order valence-corrected chi connectivity index (χ3v) is 17.6. The van der Waals surface area contributed by atoms with Gasteiger partial charge in [0.1, 0.15) is 0 Å². The van der Waals surface area contributed by atoms with E-state index in [9.17, 15) is 38.4 Å². The number of nitrogens with zero attached hydrogens (tertiary/aromatic N) is 3. The number of methoxy groups -OCH3 is 2. The van der Waals surface area contributed by atoms with Crippen LogP contribution >= 0.6 is 0 Å². The summed E-state index contributed by atoms with van der Waals surface area (Å²) < 4.78 is 68.0. The third kappa shape index (κ3) is 23.0. The number of amides is 7. The fourth-order valence-electron chi connectivity index (χ4n) is 11.9. The van der Waals surface area contributed by atoms with Gasteiger partial charge in [0.05, 0.1) is 162 Å². The summed E-state index contributed by atoms with van der Waals surface area (Å²) in [7, 11) is 3.10. The molecule has 5 heterocycles. The molecule has 9 rings (SSSR count). The number of nitrogens with one attached hydrogen (secondary N) is 3. The van der Waals surface area contributed by atoms with Crippen molar-refractivity contribution in [3.05, 3.63) is 119 Å². The van der Waals surface area contributed by atoms with Gasteiger partial charge in [-0.25, -0.2) is 0 Å². The van der Waals surface area contributed by atoms with Crippen molar-refractivity contribution in [1.29, 1.82) is 0 Å². The molecule has 0 radical (unpaired) electrons. The van der Waals surface area contributed by atoms with E-state index in [4.69, 9.17) is 56.8 Å². The van der Waals surface area contributed by atoms with Crippen molar-refractivity contribution < 1.29 is 95.2 Å². The molecular formula is C75H96N6O20. The average molecular weight is 1400 g/mol. The molecule has 1 unspecified atom stereocenters. The van der Waals surface area contributed by atoms with Gasteiger partial charge in [0.15, 0.2) is 28.8 Å². The Hall–Kier alpha value is -8.60. The van der Waals surface area contributed by atoms with Gasteiger partial charge < -0.3 is 82.6 Å². The van der Waals surface area contributed by atoms with Gasteiger partial charge in [-0.05, 0) is 102 Å². The molecule has 3 N–H and O–H groups in total. The Balaban J connectivity index is 0.570. The Bertz CT molecular complexity index is 3490. The van der Waals surface area contributed by atoms with Crippen LogP contribution in [0.4, 0.5) is 5.69 Å². The molecule has 0 spiro atoms. The number of ether oxygens (including phenoxy) is 12. The lowest BCUT2D eigenvalue weighted by atomic mass is 9.92. The first kappa shape index (κ1) is 76.6. The Kier molecular flexibility index (Phi) is 30.0. The highest BCUT2D eigenvalue weighted by atomic mass is 16.6. The van der Waals surface area contributed by atoms with Crippen LogP contribution in [0.2, 0.25) is 0 Å². The summed E-state index contributed by atoms with van der Waals surface area (Å²) in [6.45, 7) is 12.1. The van der Waals surface area contributed by atoms with Crippen molar-refractivity contribution in [2.75, 3.05) is 152 Å². The highest BCUT2D eigenvalue weighted by Gasteiger charge is 2.38. The van der Waals surface area contributed by atoms with E-state index in [1.807, 2.05) is 73.6 Å². The van der Waals surface area contributed by atoms with E-state index < -0.39 is 23.8 Å². The summed E-state index contributed by atoms with van der Waals surface area (Å²) in [6.07, 6.45) is 18.7. The Morgan fingerprint density at radius 1 is 0.535 bits per heavy atom. The van der Waals surface area contributed by atoms with Crippen LogP contribution in [-0.4, -0.2) is 226 Å². The molecule has 0 saturated heterocycles. The maximum Gasteiger partial charge on any atom is 0.259 e. The minimum Gasteiger partial charge on any atom is -0.493 e. The summed E-state index contributed by atoms with van der Waals surface area (Å²) in [5, 5.41) is 8.44. The first-order valence-electron chi connectivity index (χ1n) is 34.9. The lowest BCUT2D eigenvalue weighted by Crippen LogP contribution is -2.45. The average Bonchev–Trinajstić information content (AvgIpc) is 1.65. The van der Waals surface area contributed by atoms with Crippen LogP contribution in [0, 0.1) is 17.8 Å². The minimum atomic E-state index is -0.781. The second-order valence-electron chi connectivity index (χ2n) is 25.4. The molecule has 4 atom stereocenters. The lowest BCUT2D eigenvalue weighted by molar-refractivity contribution is -0.137. The molecule has 26 heteroatoms. The summed E-state index contributed by atoms with van der Waals surface area (Å²) in [5.74, 6) is -0.575. The molecule has 0 bridgehead atoms. The van der Waals surface area contributed by atoms with Crippen molar-refractivity contribution >= 4 is 70.5 Å². The summed E-state index contributed by atoms with van der Waals surface area (Å²) in [6, 6.07) is 13.5. The molecule has 1 fully saturated rings. The van der Waals surface area contributed by atoms with Crippen LogP contribution in [0.1, 0.15) is 110 Å². The van der Waals surface area contributed by atoms with Gasteiger partial charge in [-0.1, -0.05) is 57.2 Å². The van der Waals surface area contributed by atoms with Crippen LogP contribution in [0.5, 0.6) is 23.0 Å². The molecule has 0 aromatic heterocycles. The van der Waals surface area contributed by atoms with Gasteiger partial charge in [0, 0.05) is 74.9 Å². The van der Waals surface area contributed by atoms with Crippen LogP contribution in [0.15, 0.2) is 90.8 Å². The number of Topliss-reactive ketones (excluding diaryl/α,β-unsaturated/α-hetero) is 1. The molecular weight excluding hydrogens is 1300 g/mol. The molecule has 6 aliphatic rings. The van der Waals surface area contributed by atoms with Gasteiger partial charge in [-0.3, -0.25) is 43.3 Å². The first-order valence-corrected chi connectivity index (χ1v) is 34.9. The zero-order valence-electron chi connectivity index (χ0n) is 58.5. The van der Waals surface area contributed by atoms with Crippen molar-refractivity contribution in [3.63, 3.8) is 0 Å². The molecule has 7 amide bonds. The smallest absolute Gasteiger partial charge is 0.259 e. The summed E-state index contributed by atoms with van der Waals surface area (Å²) >= 11 is 0. The number of carbonyl (C=O) groups is 8. The normalized spacial score (nSPS) is 17.2. The van der Waals surface area contributed by atoms with Crippen LogP contribution in [-0.2, 0) is 66.7 Å². The molecule has 5 aliphatic heterocycles. The van der Waals surface area contributed by atoms with Crippen LogP contribution in [0.3, 0.4) is 0 Å². The highest BCUT2D eigenvalue weighted by molar-refractivity contribution is 6.13. The van der Waals surface area contributed by atoms with E-state index in [-0.39, 0.29) is 92.3 Å². The van der Waals surface area contributed by atoms with Crippen LogP contribution < -0.4 is 34.9 Å². The van der Waals surface area contributed by atoms with E-state index in [2.05, 4.69) is 22.0 Å². The largest absolute Gasteiger partial charge is 0.493 e. The molecule has 1 saturated carbocycles. The second kappa shape index (κ2) is 39.6. The fourth-order valence-corrected chi connectivity index (χ4v) is 11.9. The molecule has 546 valence electrons. The second-order valence-corrected chi connectivity index (χ2v) is 25.4. The molecule has 3 aromatic rings. The maximum absolute atomic E-state index is 14.2. The number of carbonyl (C=O) groups excluding carboxylic acids is 8. The van der Waals surface area contributed by atoms with Gasteiger partial charge in [0.2, 0.25) is 17.7 Å². The number of imide groups is 1. The number of benzene rings is 3. The number of anilines is 1. The summed E-state index contributed by atoms with van der Waals surface area (Å²) in [5.41, 5.74) is 6.30. The van der Waals surface area contributed by atoms with Gasteiger partial charge in [-0.15, -0.1) is 0 Å². The topological polar surface area (TPSA) is 293 Å². The Morgan fingerprint density at radius 3 is 1.51 bits per heavy atom. The van der Waals surface area contributed by atoms with E-state index in [0.29, 0.717) is 176 Å². The zero-order chi connectivity index (χ0) is 71.5. The Labute approximate surface area is 589 Å². The molecule has 3 aromatic carbocycles. The van der Waals surface area contributed by atoms with Gasteiger partial charge >= 0.3 is 0 Å². The molecule has 26 nitrogen and oxygen atoms in total. The third-order valence-electron chi connectivity index (χ3n) is 17.6. The predicted molar refractivity (Wildman–Crippen MR) is 373 cm³/mol. The minimum absolute atomic E-state index is 0.0192. The standard InChI is InChI=1S/C75H96N6O20/c1-50(2)72(78-69(84)20-25-92-27-29-94-31-33-96-35-37-98-39-40-99-38-36-97-34-32-95-30-28-93-26-21-76-68(83)19-22-79-70(85)17-18-71(79)86)63(82)41-51(3)73(87)77-58-13-9-53(10-14-58)57-43-60-16-12-55-45-67(65(91-5)47-62(55)75(89)81(60)49-57)101-24-6-23-100-66-44-54-11-15-59-42-56(52-7-8-52)48-80(59)74(88)61(54)46-64(66)90-4/h9-18,44-52,59-60,72H,6-8,19-43H2,1-5H3,(H,76,83)(H,77,87)(H,78,84)/t51-,59-,60-,72?/m1/s1.